The van der Waals surface area contributed by atoms with Crippen LogP contribution in [0, 0.1) is 0 Å². The highest BCUT2D eigenvalue weighted by Gasteiger charge is 2.10. The molecule has 1 amide bonds. The van der Waals surface area contributed by atoms with Gasteiger partial charge in [0.1, 0.15) is 0 Å². The van der Waals surface area contributed by atoms with E-state index >= 15 is 0 Å². The Morgan fingerprint density at radius 2 is 1.52 bits per heavy atom. The Balaban J connectivity index is 1.86. The van der Waals surface area contributed by atoms with Crippen LogP contribution in [-0.4, -0.2) is 5.91 Å². The minimum absolute atomic E-state index is 0.0991. The lowest BCUT2D eigenvalue weighted by molar-refractivity contribution is 0.102. The maximum absolute atomic E-state index is 12.4. The highest BCUT2D eigenvalue weighted by atomic mass is 79.9. The number of amides is 1. The zero-order valence-electron chi connectivity index (χ0n) is 12.5. The Labute approximate surface area is 144 Å². The van der Waals surface area contributed by atoms with Gasteiger partial charge in [0.25, 0.3) is 5.91 Å². The third kappa shape index (κ3) is 4.08. The van der Waals surface area contributed by atoms with Gasteiger partial charge in [0.15, 0.2) is 0 Å². The second kappa shape index (κ2) is 7.25. The van der Waals surface area contributed by atoms with Crippen LogP contribution in [0.5, 0.6) is 0 Å². The number of benzene rings is 3. The van der Waals surface area contributed by atoms with Gasteiger partial charge in [0, 0.05) is 15.7 Å². The van der Waals surface area contributed by atoms with Crippen LogP contribution < -0.4 is 5.32 Å². The fourth-order valence-electron chi connectivity index (χ4n) is 2.42. The zero-order chi connectivity index (χ0) is 16.1. The molecule has 23 heavy (non-hydrogen) atoms. The molecule has 0 radical (unpaired) electrons. The molecule has 0 aromatic heterocycles. The van der Waals surface area contributed by atoms with E-state index in [1.54, 1.807) is 0 Å². The van der Waals surface area contributed by atoms with Crippen molar-refractivity contribution in [3.8, 4) is 0 Å². The first-order valence-electron chi connectivity index (χ1n) is 7.41. The van der Waals surface area contributed by atoms with Crippen LogP contribution in [0.2, 0.25) is 0 Å². The number of nitrogens with one attached hydrogen (secondary N) is 1. The third-order valence-corrected chi connectivity index (χ3v) is 4.09. The molecule has 0 atom stereocenters. The van der Waals surface area contributed by atoms with Gasteiger partial charge in [-0.25, -0.2) is 0 Å². The zero-order valence-corrected chi connectivity index (χ0v) is 14.1. The van der Waals surface area contributed by atoms with Crippen LogP contribution in [-0.2, 0) is 6.42 Å². The minimum Gasteiger partial charge on any atom is -0.322 e. The summed E-state index contributed by atoms with van der Waals surface area (Å²) in [5.74, 6) is -0.0991. The van der Waals surface area contributed by atoms with E-state index in [1.807, 2.05) is 66.7 Å². The highest BCUT2D eigenvalue weighted by molar-refractivity contribution is 9.10. The molecule has 1 N–H and O–H groups in total. The normalized spacial score (nSPS) is 10.3. The van der Waals surface area contributed by atoms with Crippen molar-refractivity contribution in [1.82, 2.24) is 0 Å². The number of anilines is 1. The molecule has 0 fully saturated rings. The summed E-state index contributed by atoms with van der Waals surface area (Å²) in [5, 5.41) is 3.02. The number of hydrogen-bond acceptors (Lipinski definition) is 1. The molecular formula is C20H16BrNO. The molecule has 0 aliphatic carbocycles. The van der Waals surface area contributed by atoms with Crippen molar-refractivity contribution < 1.29 is 4.79 Å². The van der Waals surface area contributed by atoms with Crippen molar-refractivity contribution in [2.45, 2.75) is 6.42 Å². The van der Waals surface area contributed by atoms with Crippen LogP contribution in [0.15, 0.2) is 83.3 Å². The van der Waals surface area contributed by atoms with E-state index in [-0.39, 0.29) is 5.91 Å². The largest absolute Gasteiger partial charge is 0.322 e. The summed E-state index contributed by atoms with van der Waals surface area (Å²) in [7, 11) is 0. The first-order valence-corrected chi connectivity index (χ1v) is 8.20. The topological polar surface area (TPSA) is 29.1 Å². The Morgan fingerprint density at radius 1 is 0.870 bits per heavy atom. The maximum Gasteiger partial charge on any atom is 0.255 e. The lowest BCUT2D eigenvalue weighted by Gasteiger charge is -2.12. The summed E-state index contributed by atoms with van der Waals surface area (Å²) in [6, 6.07) is 25.4. The lowest BCUT2D eigenvalue weighted by atomic mass is 10.0. The van der Waals surface area contributed by atoms with Gasteiger partial charge >= 0.3 is 0 Å². The number of rotatable bonds is 4. The molecule has 0 spiro atoms. The molecular weight excluding hydrogens is 350 g/mol. The molecule has 2 nitrogen and oxygen atoms in total. The van der Waals surface area contributed by atoms with E-state index < -0.39 is 0 Å². The smallest absolute Gasteiger partial charge is 0.255 e. The second-order valence-corrected chi connectivity index (χ2v) is 6.20. The first kappa shape index (κ1) is 15.5. The summed E-state index contributed by atoms with van der Waals surface area (Å²) in [6.07, 6.45) is 0.776. The van der Waals surface area contributed by atoms with E-state index in [0.717, 1.165) is 22.1 Å². The summed E-state index contributed by atoms with van der Waals surface area (Å²) in [6.45, 7) is 0. The van der Waals surface area contributed by atoms with Crippen molar-refractivity contribution >= 4 is 27.5 Å². The molecule has 0 bridgehead atoms. The Hall–Kier alpha value is -2.39. The number of carbonyl (C=O) groups excluding carboxylic acids is 1. The molecule has 0 saturated heterocycles. The summed E-state index contributed by atoms with van der Waals surface area (Å²) in [4.78, 5) is 12.4. The second-order valence-electron chi connectivity index (χ2n) is 5.28. The van der Waals surface area contributed by atoms with Gasteiger partial charge in [-0.05, 0) is 41.8 Å². The van der Waals surface area contributed by atoms with Gasteiger partial charge in [0.2, 0.25) is 0 Å². The Bertz CT molecular complexity index is 800. The SMILES string of the molecule is O=C(Nc1cc(Br)ccc1Cc1ccccc1)c1ccccc1. The van der Waals surface area contributed by atoms with Crippen molar-refractivity contribution in [3.05, 3.63) is 100 Å². The highest BCUT2D eigenvalue weighted by Crippen LogP contribution is 2.24. The molecule has 3 rings (SSSR count). The molecule has 0 heterocycles. The fraction of sp³-hybridized carbons (Fsp3) is 0.0500. The quantitative estimate of drug-likeness (QED) is 0.668. The molecule has 114 valence electrons. The van der Waals surface area contributed by atoms with E-state index in [2.05, 4.69) is 33.4 Å². The van der Waals surface area contributed by atoms with Crippen molar-refractivity contribution in [3.63, 3.8) is 0 Å². The van der Waals surface area contributed by atoms with Crippen LogP contribution in [0.4, 0.5) is 5.69 Å². The van der Waals surface area contributed by atoms with E-state index in [1.165, 1.54) is 5.56 Å². The number of carbonyl (C=O) groups is 1. The van der Waals surface area contributed by atoms with E-state index in [4.69, 9.17) is 0 Å². The summed E-state index contributed by atoms with van der Waals surface area (Å²) < 4.78 is 0.942. The van der Waals surface area contributed by atoms with Gasteiger partial charge in [-0.3, -0.25) is 4.79 Å². The number of halogens is 1. The van der Waals surface area contributed by atoms with Crippen LogP contribution >= 0.6 is 15.9 Å². The molecule has 3 aromatic rings. The number of hydrogen-bond donors (Lipinski definition) is 1. The summed E-state index contributed by atoms with van der Waals surface area (Å²) in [5.41, 5.74) is 3.78. The summed E-state index contributed by atoms with van der Waals surface area (Å²) >= 11 is 3.48. The van der Waals surface area contributed by atoms with Gasteiger partial charge in [-0.15, -0.1) is 0 Å². The first-order chi connectivity index (χ1) is 11.2. The van der Waals surface area contributed by atoms with Crippen LogP contribution in [0.3, 0.4) is 0 Å². The van der Waals surface area contributed by atoms with Crippen LogP contribution in [0.1, 0.15) is 21.5 Å². The Kier molecular flexibility index (Phi) is 4.89. The van der Waals surface area contributed by atoms with Gasteiger partial charge in [-0.2, -0.15) is 0 Å². The van der Waals surface area contributed by atoms with Gasteiger partial charge in [-0.1, -0.05) is 70.5 Å². The van der Waals surface area contributed by atoms with Crippen molar-refractivity contribution in [1.29, 1.82) is 0 Å². The molecule has 0 aliphatic heterocycles. The predicted molar refractivity (Wildman–Crippen MR) is 97.8 cm³/mol. The third-order valence-electron chi connectivity index (χ3n) is 3.59. The van der Waals surface area contributed by atoms with E-state index in [9.17, 15) is 4.79 Å². The monoisotopic (exact) mass is 365 g/mol. The van der Waals surface area contributed by atoms with Gasteiger partial charge < -0.3 is 5.32 Å². The van der Waals surface area contributed by atoms with Crippen molar-refractivity contribution in [2.24, 2.45) is 0 Å². The molecule has 0 saturated carbocycles. The predicted octanol–water partition coefficient (Wildman–Crippen LogP) is 5.29. The minimum atomic E-state index is -0.0991. The van der Waals surface area contributed by atoms with Crippen LogP contribution in [0.25, 0.3) is 0 Å². The van der Waals surface area contributed by atoms with Crippen molar-refractivity contribution in [2.75, 3.05) is 5.32 Å². The molecule has 0 unspecified atom stereocenters. The average molecular weight is 366 g/mol. The lowest BCUT2D eigenvalue weighted by Crippen LogP contribution is -2.13. The van der Waals surface area contributed by atoms with Gasteiger partial charge in [0.05, 0.1) is 0 Å². The maximum atomic E-state index is 12.4. The fourth-order valence-corrected chi connectivity index (χ4v) is 2.78. The molecule has 3 aromatic carbocycles. The molecule has 0 aliphatic rings. The Morgan fingerprint density at radius 3 is 2.22 bits per heavy atom. The standard InChI is InChI=1S/C20H16BrNO/c21-18-12-11-17(13-15-7-3-1-4-8-15)19(14-18)22-20(23)16-9-5-2-6-10-16/h1-12,14H,13H2,(H,22,23). The average Bonchev–Trinajstić information content (AvgIpc) is 2.59. The van der Waals surface area contributed by atoms with E-state index in [0.29, 0.717) is 5.56 Å². The molecule has 3 heteroatoms.